The maximum absolute atomic E-state index is 13.4. The molecule has 3 aromatic carbocycles. The number of fused-ring (bicyclic) bond motifs is 1. The van der Waals surface area contributed by atoms with Crippen LogP contribution in [0.5, 0.6) is 11.5 Å². The van der Waals surface area contributed by atoms with Crippen molar-refractivity contribution in [3.63, 3.8) is 0 Å². The zero-order valence-corrected chi connectivity index (χ0v) is 24.8. The minimum atomic E-state index is -5.08. The van der Waals surface area contributed by atoms with Gasteiger partial charge in [-0.1, -0.05) is 44.2 Å². The lowest BCUT2D eigenvalue weighted by atomic mass is 9.77. The predicted molar refractivity (Wildman–Crippen MR) is 158 cm³/mol. The summed E-state index contributed by atoms with van der Waals surface area (Å²) in [6.45, 7) is 9.89. The lowest BCUT2D eigenvalue weighted by Gasteiger charge is -2.39. The van der Waals surface area contributed by atoms with Crippen LogP contribution in [0.2, 0.25) is 0 Å². The number of hydrogen-bond acceptors (Lipinski definition) is 5. The minimum Gasteiger partial charge on any atom is -0.497 e. The molecular formula is C33H39F3N2O5. The Morgan fingerprint density at radius 3 is 2.23 bits per heavy atom. The summed E-state index contributed by atoms with van der Waals surface area (Å²) in [6.07, 6.45) is -1.70. The standard InChI is InChI=1S/C31H38N2O3.C2HF3O2/c1-23(2)21-36-29-7-5-4-6-27(29)20-32-15-12-31(13-16-32)14-17-33(22-31)30(34)26-9-8-25-19-28(35-3)11-10-24(25)18-26;3-2(4,5)1(6)7/h4-11,18-19,23H,12-17,20-22H2,1-3H3;(H,6,7). The summed E-state index contributed by atoms with van der Waals surface area (Å²) in [5.74, 6) is -0.242. The molecule has 7 nitrogen and oxygen atoms in total. The highest BCUT2D eigenvalue weighted by Gasteiger charge is 2.42. The van der Waals surface area contributed by atoms with Crippen molar-refractivity contribution in [3.8, 4) is 11.5 Å². The topological polar surface area (TPSA) is 79.3 Å². The molecule has 10 heteroatoms. The van der Waals surface area contributed by atoms with Gasteiger partial charge in [-0.15, -0.1) is 0 Å². The van der Waals surface area contributed by atoms with Gasteiger partial charge in [0.25, 0.3) is 5.91 Å². The third kappa shape index (κ3) is 8.40. The lowest BCUT2D eigenvalue weighted by molar-refractivity contribution is -0.192. The van der Waals surface area contributed by atoms with Gasteiger partial charge >= 0.3 is 12.1 Å². The highest BCUT2D eigenvalue weighted by molar-refractivity contribution is 5.99. The number of carboxylic acids is 1. The maximum atomic E-state index is 13.4. The zero-order chi connectivity index (χ0) is 31.2. The van der Waals surface area contributed by atoms with Crippen molar-refractivity contribution in [2.24, 2.45) is 11.3 Å². The van der Waals surface area contributed by atoms with Gasteiger partial charge in [-0.2, -0.15) is 13.2 Å². The monoisotopic (exact) mass is 600 g/mol. The van der Waals surface area contributed by atoms with Crippen molar-refractivity contribution in [2.75, 3.05) is 39.9 Å². The van der Waals surface area contributed by atoms with E-state index in [9.17, 15) is 18.0 Å². The Morgan fingerprint density at radius 1 is 0.953 bits per heavy atom. The van der Waals surface area contributed by atoms with Gasteiger partial charge < -0.3 is 19.5 Å². The largest absolute Gasteiger partial charge is 0.497 e. The Balaban J connectivity index is 0.000000541. The van der Waals surface area contributed by atoms with Crippen LogP contribution in [0.25, 0.3) is 10.8 Å². The van der Waals surface area contributed by atoms with E-state index in [-0.39, 0.29) is 11.3 Å². The average Bonchev–Trinajstić information content (AvgIpc) is 3.40. The summed E-state index contributed by atoms with van der Waals surface area (Å²) in [7, 11) is 1.67. The molecule has 0 atom stereocenters. The molecule has 43 heavy (non-hydrogen) atoms. The van der Waals surface area contributed by atoms with Crippen LogP contribution in [-0.4, -0.2) is 72.9 Å². The Kier molecular flexibility index (Phi) is 10.2. The summed E-state index contributed by atoms with van der Waals surface area (Å²) >= 11 is 0. The Morgan fingerprint density at radius 2 is 1.58 bits per heavy atom. The zero-order valence-electron chi connectivity index (χ0n) is 24.8. The first kappa shape index (κ1) is 32.1. The highest BCUT2D eigenvalue weighted by Crippen LogP contribution is 2.41. The quantitative estimate of drug-likeness (QED) is 0.328. The summed E-state index contributed by atoms with van der Waals surface area (Å²) in [4.78, 5) is 26.9. The van der Waals surface area contributed by atoms with Crippen LogP contribution >= 0.6 is 0 Å². The predicted octanol–water partition coefficient (Wildman–Crippen LogP) is 6.64. The number of carbonyl (C=O) groups is 2. The van der Waals surface area contributed by atoms with Gasteiger partial charge in [-0.3, -0.25) is 9.69 Å². The number of aliphatic carboxylic acids is 1. The molecule has 2 saturated heterocycles. The Hall–Kier alpha value is -3.79. The molecule has 1 spiro atoms. The molecule has 2 fully saturated rings. The molecule has 0 radical (unpaired) electrons. The number of halogens is 3. The van der Waals surface area contributed by atoms with Crippen molar-refractivity contribution >= 4 is 22.6 Å². The van der Waals surface area contributed by atoms with Crippen LogP contribution in [0.4, 0.5) is 13.2 Å². The van der Waals surface area contributed by atoms with Crippen LogP contribution in [0.15, 0.2) is 60.7 Å². The summed E-state index contributed by atoms with van der Waals surface area (Å²) in [5, 5.41) is 9.29. The third-order valence-corrected chi connectivity index (χ3v) is 8.12. The molecular weight excluding hydrogens is 561 g/mol. The molecule has 2 aliphatic heterocycles. The number of benzene rings is 3. The van der Waals surface area contributed by atoms with Gasteiger partial charge in [0.2, 0.25) is 0 Å². The number of nitrogens with zero attached hydrogens (tertiary/aromatic N) is 2. The van der Waals surface area contributed by atoms with Gasteiger partial charge in [-0.25, -0.2) is 4.79 Å². The van der Waals surface area contributed by atoms with Crippen LogP contribution in [-0.2, 0) is 11.3 Å². The van der Waals surface area contributed by atoms with Gasteiger partial charge in [0, 0.05) is 30.8 Å². The number of ether oxygens (including phenoxy) is 2. The van der Waals surface area contributed by atoms with Crippen molar-refractivity contribution in [1.29, 1.82) is 0 Å². The van der Waals surface area contributed by atoms with Gasteiger partial charge in [-0.05, 0) is 84.8 Å². The van der Waals surface area contributed by atoms with Crippen LogP contribution in [0.1, 0.15) is 49.0 Å². The summed E-state index contributed by atoms with van der Waals surface area (Å²) < 4.78 is 43.1. The van der Waals surface area contributed by atoms with Gasteiger partial charge in [0.1, 0.15) is 11.5 Å². The number of para-hydroxylation sites is 1. The number of amides is 1. The molecule has 1 N–H and O–H groups in total. The molecule has 3 aromatic rings. The fourth-order valence-electron chi connectivity index (χ4n) is 5.64. The SMILES string of the molecule is COc1ccc2cc(C(=O)N3CCC4(CCN(Cc5ccccc5OCC(C)C)CC4)C3)ccc2c1.O=C(O)C(F)(F)F. The first-order valence-corrected chi connectivity index (χ1v) is 14.5. The Bertz CT molecular complexity index is 1420. The number of methoxy groups -OCH3 is 1. The fraction of sp³-hybridized carbons (Fsp3) is 0.455. The molecule has 2 aliphatic rings. The number of likely N-dealkylation sites (tertiary alicyclic amines) is 2. The Labute approximate surface area is 250 Å². The third-order valence-electron chi connectivity index (χ3n) is 8.12. The van der Waals surface area contributed by atoms with E-state index in [1.54, 1.807) is 7.11 Å². The van der Waals surface area contributed by atoms with Crippen molar-refractivity contribution in [2.45, 2.75) is 45.8 Å². The molecule has 232 valence electrons. The number of carbonyl (C=O) groups excluding carboxylic acids is 1. The molecule has 0 saturated carbocycles. The van der Waals surface area contributed by atoms with E-state index in [1.807, 2.05) is 36.4 Å². The number of hydrogen-bond donors (Lipinski definition) is 1. The lowest BCUT2D eigenvalue weighted by Crippen LogP contribution is -2.42. The van der Waals surface area contributed by atoms with E-state index in [1.165, 1.54) is 5.56 Å². The molecule has 0 bridgehead atoms. The van der Waals surface area contributed by atoms with E-state index in [0.717, 1.165) is 86.4 Å². The normalized spacial score (nSPS) is 16.7. The smallest absolute Gasteiger partial charge is 0.490 e. The van der Waals surface area contributed by atoms with Crippen LogP contribution < -0.4 is 9.47 Å². The van der Waals surface area contributed by atoms with Crippen LogP contribution in [0, 0.1) is 11.3 Å². The molecule has 0 unspecified atom stereocenters. The van der Waals surface area contributed by atoms with Crippen LogP contribution in [0.3, 0.4) is 0 Å². The number of alkyl halides is 3. The van der Waals surface area contributed by atoms with Crippen molar-refractivity contribution in [1.82, 2.24) is 9.80 Å². The summed E-state index contributed by atoms with van der Waals surface area (Å²) in [5.41, 5.74) is 2.30. The first-order valence-electron chi connectivity index (χ1n) is 14.5. The average molecular weight is 601 g/mol. The van der Waals surface area contributed by atoms with E-state index < -0.39 is 12.1 Å². The van der Waals surface area contributed by atoms with E-state index in [2.05, 4.69) is 47.9 Å². The van der Waals surface area contributed by atoms with Crippen molar-refractivity contribution < 1.29 is 37.3 Å². The molecule has 0 aliphatic carbocycles. The fourth-order valence-corrected chi connectivity index (χ4v) is 5.64. The number of carboxylic acid groups (broad SMARTS) is 1. The number of piperidine rings is 1. The second-order valence-corrected chi connectivity index (χ2v) is 11.8. The molecule has 1 amide bonds. The molecule has 2 heterocycles. The first-order chi connectivity index (χ1) is 20.4. The van der Waals surface area contributed by atoms with E-state index in [0.29, 0.717) is 5.92 Å². The second-order valence-electron chi connectivity index (χ2n) is 11.8. The minimum absolute atomic E-state index is 0.156. The van der Waals surface area contributed by atoms with Crippen molar-refractivity contribution in [3.05, 3.63) is 71.8 Å². The second kappa shape index (κ2) is 13.7. The molecule has 0 aromatic heterocycles. The van der Waals surface area contributed by atoms with Gasteiger partial charge in [0.15, 0.2) is 0 Å². The van der Waals surface area contributed by atoms with E-state index in [4.69, 9.17) is 19.4 Å². The number of rotatable bonds is 7. The maximum Gasteiger partial charge on any atom is 0.490 e. The van der Waals surface area contributed by atoms with E-state index >= 15 is 0 Å². The molecule has 5 rings (SSSR count). The van der Waals surface area contributed by atoms with Gasteiger partial charge in [0.05, 0.1) is 13.7 Å². The summed E-state index contributed by atoms with van der Waals surface area (Å²) in [6, 6.07) is 20.4. The highest BCUT2D eigenvalue weighted by atomic mass is 19.4.